The minimum atomic E-state index is -0.395. The van der Waals surface area contributed by atoms with Gasteiger partial charge in [-0.25, -0.2) is 4.99 Å². The smallest absolute Gasteiger partial charge is 0.294 e. The van der Waals surface area contributed by atoms with Crippen LogP contribution in [0, 0.1) is 10.1 Å². The second-order valence-corrected chi connectivity index (χ2v) is 7.35. The van der Waals surface area contributed by atoms with Gasteiger partial charge in [0.15, 0.2) is 10.6 Å². The molecule has 5 rings (SSSR count). The summed E-state index contributed by atoms with van der Waals surface area (Å²) in [6.07, 6.45) is 2.15. The van der Waals surface area contributed by atoms with Crippen molar-refractivity contribution >= 4 is 33.7 Å². The number of thiazole rings is 1. The lowest BCUT2D eigenvalue weighted by atomic mass is 10.2. The average Bonchev–Trinajstić information content (AvgIpc) is 3.28. The molecule has 0 saturated heterocycles. The molecule has 1 fully saturated rings. The van der Waals surface area contributed by atoms with Gasteiger partial charge in [-0.15, -0.1) is 11.3 Å². The Balaban J connectivity index is 1.68. The standard InChI is InChI=1S/C20H15N3O3S/c24-23(25)16-7-3-2-6-15(16)21-20-22(14-9-10-14)17(12-27-20)19-11-13-5-1-4-8-18(13)26-19/h1-8,11-12,14H,9-10H2. The van der Waals surface area contributed by atoms with Crippen LogP contribution in [0.25, 0.3) is 22.4 Å². The van der Waals surface area contributed by atoms with Gasteiger partial charge in [0.1, 0.15) is 11.3 Å². The maximum atomic E-state index is 11.3. The fourth-order valence-corrected chi connectivity index (χ4v) is 4.15. The first-order chi connectivity index (χ1) is 13.2. The molecule has 7 heteroatoms. The fourth-order valence-electron chi connectivity index (χ4n) is 3.19. The Morgan fingerprint density at radius 1 is 1.15 bits per heavy atom. The maximum Gasteiger partial charge on any atom is 0.294 e. The van der Waals surface area contributed by atoms with Crippen LogP contribution < -0.4 is 4.80 Å². The Hall–Kier alpha value is -3.19. The summed E-state index contributed by atoms with van der Waals surface area (Å²) in [6.45, 7) is 0. The molecule has 0 aliphatic heterocycles. The molecular weight excluding hydrogens is 362 g/mol. The van der Waals surface area contributed by atoms with Gasteiger partial charge in [-0.05, 0) is 31.0 Å². The van der Waals surface area contributed by atoms with Crippen LogP contribution >= 0.6 is 11.3 Å². The Morgan fingerprint density at radius 3 is 2.70 bits per heavy atom. The van der Waals surface area contributed by atoms with Gasteiger partial charge < -0.3 is 8.98 Å². The predicted octanol–water partition coefficient (Wildman–Crippen LogP) is 5.44. The van der Waals surface area contributed by atoms with Crippen LogP contribution in [0.5, 0.6) is 0 Å². The first kappa shape index (κ1) is 16.0. The highest BCUT2D eigenvalue weighted by Gasteiger charge is 2.28. The molecule has 6 nitrogen and oxygen atoms in total. The molecule has 2 aromatic heterocycles. The number of nitro benzene ring substituents is 1. The molecule has 0 radical (unpaired) electrons. The molecule has 0 bridgehead atoms. The van der Waals surface area contributed by atoms with Crippen molar-refractivity contribution in [3.63, 3.8) is 0 Å². The predicted molar refractivity (Wildman–Crippen MR) is 104 cm³/mol. The summed E-state index contributed by atoms with van der Waals surface area (Å²) >= 11 is 1.48. The first-order valence-corrected chi connectivity index (χ1v) is 9.56. The minimum Gasteiger partial charge on any atom is -0.454 e. The first-order valence-electron chi connectivity index (χ1n) is 8.68. The lowest BCUT2D eigenvalue weighted by Crippen LogP contribution is -2.14. The van der Waals surface area contributed by atoms with Crippen LogP contribution in [0.2, 0.25) is 0 Å². The van der Waals surface area contributed by atoms with Crippen molar-refractivity contribution in [2.45, 2.75) is 18.9 Å². The van der Waals surface area contributed by atoms with Crippen molar-refractivity contribution in [2.24, 2.45) is 4.99 Å². The Morgan fingerprint density at radius 2 is 1.93 bits per heavy atom. The zero-order chi connectivity index (χ0) is 18.4. The molecule has 0 unspecified atom stereocenters. The molecule has 0 N–H and O–H groups in total. The fraction of sp³-hybridized carbons (Fsp3) is 0.150. The van der Waals surface area contributed by atoms with Crippen LogP contribution in [0.3, 0.4) is 0 Å². The van der Waals surface area contributed by atoms with Crippen molar-refractivity contribution in [2.75, 3.05) is 0 Å². The zero-order valence-electron chi connectivity index (χ0n) is 14.2. The number of hydrogen-bond donors (Lipinski definition) is 0. The van der Waals surface area contributed by atoms with Gasteiger partial charge in [0.05, 0.1) is 10.6 Å². The van der Waals surface area contributed by atoms with Crippen LogP contribution in [0.15, 0.2) is 69.4 Å². The SMILES string of the molecule is O=[N+]([O-])c1ccccc1N=c1scc(-c2cc3ccccc3o2)n1C1CC1. The highest BCUT2D eigenvalue weighted by Crippen LogP contribution is 2.39. The molecule has 4 aromatic rings. The molecule has 2 heterocycles. The number of nitro groups is 1. The summed E-state index contributed by atoms with van der Waals surface area (Å²) in [7, 11) is 0. The van der Waals surface area contributed by atoms with E-state index in [1.165, 1.54) is 17.4 Å². The van der Waals surface area contributed by atoms with E-state index >= 15 is 0 Å². The van der Waals surface area contributed by atoms with Crippen molar-refractivity contribution in [3.8, 4) is 11.5 Å². The normalized spacial score (nSPS) is 14.7. The van der Waals surface area contributed by atoms with Gasteiger partial charge in [-0.1, -0.05) is 30.3 Å². The molecule has 27 heavy (non-hydrogen) atoms. The Labute approximate surface area is 158 Å². The van der Waals surface area contributed by atoms with E-state index in [9.17, 15) is 10.1 Å². The van der Waals surface area contributed by atoms with Crippen LogP contribution in [0.1, 0.15) is 18.9 Å². The lowest BCUT2D eigenvalue weighted by Gasteiger charge is -2.05. The van der Waals surface area contributed by atoms with Crippen LogP contribution in [0.4, 0.5) is 11.4 Å². The molecule has 1 aliphatic rings. The summed E-state index contributed by atoms with van der Waals surface area (Å²) in [6, 6.07) is 16.9. The van der Waals surface area contributed by atoms with Crippen molar-refractivity contribution in [1.82, 2.24) is 4.57 Å². The number of aromatic nitrogens is 1. The molecule has 0 amide bonds. The van der Waals surface area contributed by atoms with E-state index in [2.05, 4.69) is 9.56 Å². The summed E-state index contributed by atoms with van der Waals surface area (Å²) in [5.41, 5.74) is 2.20. The highest BCUT2D eigenvalue weighted by atomic mass is 32.1. The van der Waals surface area contributed by atoms with Gasteiger partial charge in [0.2, 0.25) is 0 Å². The summed E-state index contributed by atoms with van der Waals surface area (Å²) in [4.78, 5) is 16.3. The number of benzene rings is 2. The van der Waals surface area contributed by atoms with E-state index in [0.717, 1.165) is 40.1 Å². The molecule has 2 aromatic carbocycles. The van der Waals surface area contributed by atoms with E-state index in [1.807, 2.05) is 35.7 Å². The zero-order valence-corrected chi connectivity index (χ0v) is 15.1. The minimum absolute atomic E-state index is 0.0125. The van der Waals surface area contributed by atoms with Gasteiger partial charge in [-0.3, -0.25) is 10.1 Å². The number of furan rings is 1. The summed E-state index contributed by atoms with van der Waals surface area (Å²) < 4.78 is 8.19. The molecule has 0 atom stereocenters. The molecule has 134 valence electrons. The molecular formula is C20H15N3O3S. The number of nitrogens with zero attached hydrogens (tertiary/aromatic N) is 3. The maximum absolute atomic E-state index is 11.3. The average molecular weight is 377 g/mol. The second kappa shape index (κ2) is 6.21. The largest absolute Gasteiger partial charge is 0.454 e. The second-order valence-electron chi connectivity index (χ2n) is 6.51. The summed E-state index contributed by atoms with van der Waals surface area (Å²) in [5, 5.41) is 14.4. The molecule has 1 aliphatic carbocycles. The summed E-state index contributed by atoms with van der Waals surface area (Å²) in [5.74, 6) is 0.795. The van der Waals surface area contributed by atoms with E-state index in [1.54, 1.807) is 18.2 Å². The Bertz CT molecular complexity index is 1200. The third-order valence-electron chi connectivity index (χ3n) is 4.63. The number of para-hydroxylation sites is 3. The number of rotatable bonds is 4. The topological polar surface area (TPSA) is 73.6 Å². The van der Waals surface area contributed by atoms with E-state index in [4.69, 9.17) is 4.42 Å². The third kappa shape index (κ3) is 2.86. The van der Waals surface area contributed by atoms with Gasteiger partial charge in [0, 0.05) is 22.9 Å². The van der Waals surface area contributed by atoms with Crippen molar-refractivity contribution < 1.29 is 9.34 Å². The lowest BCUT2D eigenvalue weighted by molar-refractivity contribution is -0.384. The van der Waals surface area contributed by atoms with E-state index < -0.39 is 4.92 Å². The Kier molecular flexibility index (Phi) is 3.68. The van der Waals surface area contributed by atoms with Crippen LogP contribution in [-0.2, 0) is 0 Å². The number of fused-ring (bicyclic) bond motifs is 1. The van der Waals surface area contributed by atoms with Gasteiger partial charge in [0.25, 0.3) is 5.69 Å². The van der Waals surface area contributed by atoms with Crippen molar-refractivity contribution in [1.29, 1.82) is 0 Å². The monoisotopic (exact) mass is 377 g/mol. The van der Waals surface area contributed by atoms with Crippen LogP contribution in [-0.4, -0.2) is 9.49 Å². The molecule has 0 spiro atoms. The molecule has 1 saturated carbocycles. The van der Waals surface area contributed by atoms with Crippen molar-refractivity contribution in [3.05, 3.63) is 74.9 Å². The third-order valence-corrected chi connectivity index (χ3v) is 5.47. The highest BCUT2D eigenvalue weighted by molar-refractivity contribution is 7.07. The quantitative estimate of drug-likeness (QED) is 0.351. The number of hydrogen-bond acceptors (Lipinski definition) is 5. The van der Waals surface area contributed by atoms with E-state index in [-0.39, 0.29) is 5.69 Å². The van der Waals surface area contributed by atoms with Gasteiger partial charge in [-0.2, -0.15) is 0 Å². The van der Waals surface area contributed by atoms with Gasteiger partial charge >= 0.3 is 0 Å². The van der Waals surface area contributed by atoms with E-state index in [0.29, 0.717) is 11.7 Å².